The molecule has 3 N–H and O–H groups in total. The minimum Gasteiger partial charge on any atom is -0.355 e. The zero-order valence-corrected chi connectivity index (χ0v) is 12.9. The molecule has 0 heterocycles. The van der Waals surface area contributed by atoms with E-state index < -0.39 is 5.54 Å². The molecule has 0 aromatic heterocycles. The zero-order valence-electron chi connectivity index (χ0n) is 12.1. The smallest absolute Gasteiger partial charge is 0.240 e. The first kappa shape index (κ1) is 17.7. The molecule has 0 aromatic carbocycles. The van der Waals surface area contributed by atoms with Gasteiger partial charge in [-0.1, -0.05) is 40.0 Å². The molecule has 4 heteroatoms. The first-order valence-corrected chi connectivity index (χ1v) is 6.91. The molecule has 1 amide bonds. The average Bonchev–Trinajstić information content (AvgIpc) is 2.64. The summed E-state index contributed by atoms with van der Waals surface area (Å²) in [5.41, 5.74) is 5.90. The van der Waals surface area contributed by atoms with Crippen molar-refractivity contribution in [1.82, 2.24) is 5.32 Å². The molecule has 1 fully saturated rings. The van der Waals surface area contributed by atoms with E-state index in [9.17, 15) is 4.79 Å². The molecule has 0 radical (unpaired) electrons. The Labute approximate surface area is 118 Å². The lowest BCUT2D eigenvalue weighted by molar-refractivity contribution is -0.126. The topological polar surface area (TPSA) is 55.1 Å². The number of nitrogens with one attached hydrogen (secondary N) is 1. The number of halogens is 1. The van der Waals surface area contributed by atoms with Crippen molar-refractivity contribution in [2.24, 2.45) is 11.1 Å². The maximum Gasteiger partial charge on any atom is 0.240 e. The summed E-state index contributed by atoms with van der Waals surface area (Å²) in [6.07, 6.45) is 7.31. The number of hydrogen-bond acceptors (Lipinski definition) is 2. The summed E-state index contributed by atoms with van der Waals surface area (Å²) in [4.78, 5) is 11.9. The number of unbranched alkanes of at least 4 members (excludes halogenated alkanes) is 1. The predicted molar refractivity (Wildman–Crippen MR) is 79.0 cm³/mol. The van der Waals surface area contributed by atoms with Crippen molar-refractivity contribution >= 4 is 18.3 Å². The SMILES string of the molecule is CC(C)(C)CCCCNC(=O)C1(N)CCCC1.Cl. The zero-order chi connectivity index (χ0) is 12.9. The van der Waals surface area contributed by atoms with E-state index >= 15 is 0 Å². The van der Waals surface area contributed by atoms with Crippen LogP contribution in [0.5, 0.6) is 0 Å². The Balaban J connectivity index is 0.00000289. The number of rotatable bonds is 5. The Kier molecular flexibility index (Phi) is 7.23. The van der Waals surface area contributed by atoms with Gasteiger partial charge in [-0.3, -0.25) is 4.79 Å². The maximum atomic E-state index is 11.9. The Morgan fingerprint density at radius 1 is 1.22 bits per heavy atom. The summed E-state index contributed by atoms with van der Waals surface area (Å²) in [5, 5.41) is 2.99. The highest BCUT2D eigenvalue weighted by Crippen LogP contribution is 2.27. The van der Waals surface area contributed by atoms with E-state index in [1.54, 1.807) is 0 Å². The highest BCUT2D eigenvalue weighted by molar-refractivity contribution is 5.86. The van der Waals surface area contributed by atoms with Gasteiger partial charge in [-0.2, -0.15) is 0 Å². The molecule has 0 saturated heterocycles. The summed E-state index contributed by atoms with van der Waals surface area (Å²) < 4.78 is 0. The summed E-state index contributed by atoms with van der Waals surface area (Å²) in [6.45, 7) is 7.52. The third kappa shape index (κ3) is 6.05. The minimum atomic E-state index is -0.565. The first-order chi connectivity index (χ1) is 7.83. The van der Waals surface area contributed by atoms with Crippen LogP contribution >= 0.6 is 12.4 Å². The molecule has 1 rings (SSSR count). The number of carbonyl (C=O) groups is 1. The second-order valence-corrected chi connectivity index (χ2v) is 6.64. The highest BCUT2D eigenvalue weighted by Gasteiger charge is 2.36. The van der Waals surface area contributed by atoms with Crippen LogP contribution in [-0.2, 0) is 4.79 Å². The van der Waals surface area contributed by atoms with Gasteiger partial charge in [0.05, 0.1) is 5.54 Å². The summed E-state index contributed by atoms with van der Waals surface area (Å²) in [7, 11) is 0. The molecule has 1 aliphatic rings. The van der Waals surface area contributed by atoms with E-state index in [0.29, 0.717) is 5.41 Å². The second kappa shape index (κ2) is 7.34. The first-order valence-electron chi connectivity index (χ1n) is 6.91. The van der Waals surface area contributed by atoms with Crippen LogP contribution in [0.3, 0.4) is 0 Å². The monoisotopic (exact) mass is 276 g/mol. The molecule has 18 heavy (non-hydrogen) atoms. The van der Waals surface area contributed by atoms with E-state index in [1.165, 1.54) is 12.8 Å². The summed E-state index contributed by atoms with van der Waals surface area (Å²) in [5.74, 6) is 0.0609. The standard InChI is InChI=1S/C14H28N2O.ClH/c1-13(2,3)8-6-7-11-16-12(17)14(15)9-4-5-10-14;/h4-11,15H2,1-3H3,(H,16,17);1H. The molecule has 0 aromatic rings. The van der Waals surface area contributed by atoms with Gasteiger partial charge >= 0.3 is 0 Å². The van der Waals surface area contributed by atoms with E-state index in [4.69, 9.17) is 5.73 Å². The Morgan fingerprint density at radius 2 is 1.78 bits per heavy atom. The van der Waals surface area contributed by atoms with Crippen LogP contribution in [0, 0.1) is 5.41 Å². The molecule has 1 aliphatic carbocycles. The predicted octanol–water partition coefficient (Wildman–Crippen LogP) is 3.01. The number of hydrogen-bond donors (Lipinski definition) is 2. The number of carbonyl (C=O) groups excluding carboxylic acids is 1. The van der Waals surface area contributed by atoms with Gasteiger partial charge in [-0.15, -0.1) is 12.4 Å². The van der Waals surface area contributed by atoms with Gasteiger partial charge < -0.3 is 11.1 Å². The molecular weight excluding hydrogens is 248 g/mol. The van der Waals surface area contributed by atoms with Gasteiger partial charge in [-0.05, 0) is 31.1 Å². The lowest BCUT2D eigenvalue weighted by atomic mass is 9.90. The average molecular weight is 277 g/mol. The van der Waals surface area contributed by atoms with Crippen molar-refractivity contribution in [1.29, 1.82) is 0 Å². The number of amides is 1. The molecular formula is C14H29ClN2O. The van der Waals surface area contributed by atoms with Crippen molar-refractivity contribution in [2.75, 3.05) is 6.54 Å². The molecule has 0 atom stereocenters. The fourth-order valence-corrected chi connectivity index (χ4v) is 2.39. The van der Waals surface area contributed by atoms with Gasteiger partial charge in [0.1, 0.15) is 0 Å². The normalized spacial score (nSPS) is 18.2. The van der Waals surface area contributed by atoms with E-state index in [2.05, 4.69) is 26.1 Å². The van der Waals surface area contributed by atoms with Gasteiger partial charge in [0.25, 0.3) is 0 Å². The largest absolute Gasteiger partial charge is 0.355 e. The van der Waals surface area contributed by atoms with E-state index in [-0.39, 0.29) is 18.3 Å². The quantitative estimate of drug-likeness (QED) is 0.759. The van der Waals surface area contributed by atoms with Crippen LogP contribution < -0.4 is 11.1 Å². The molecule has 108 valence electrons. The third-order valence-electron chi connectivity index (χ3n) is 3.59. The van der Waals surface area contributed by atoms with Gasteiger partial charge in [0.15, 0.2) is 0 Å². The lowest BCUT2D eigenvalue weighted by Crippen LogP contribution is -2.52. The van der Waals surface area contributed by atoms with Gasteiger partial charge in [0, 0.05) is 6.54 Å². The third-order valence-corrected chi connectivity index (χ3v) is 3.59. The van der Waals surface area contributed by atoms with E-state index in [0.717, 1.165) is 38.6 Å². The van der Waals surface area contributed by atoms with Crippen LogP contribution in [-0.4, -0.2) is 18.0 Å². The molecule has 0 unspecified atom stereocenters. The van der Waals surface area contributed by atoms with Crippen LogP contribution in [0.15, 0.2) is 0 Å². The van der Waals surface area contributed by atoms with Crippen LogP contribution in [0.2, 0.25) is 0 Å². The van der Waals surface area contributed by atoms with Gasteiger partial charge in [0.2, 0.25) is 5.91 Å². The molecule has 0 aliphatic heterocycles. The van der Waals surface area contributed by atoms with Crippen LogP contribution in [0.4, 0.5) is 0 Å². The van der Waals surface area contributed by atoms with Crippen LogP contribution in [0.1, 0.15) is 65.7 Å². The van der Waals surface area contributed by atoms with Gasteiger partial charge in [-0.25, -0.2) is 0 Å². The maximum absolute atomic E-state index is 11.9. The molecule has 3 nitrogen and oxygen atoms in total. The van der Waals surface area contributed by atoms with Crippen molar-refractivity contribution < 1.29 is 4.79 Å². The van der Waals surface area contributed by atoms with Crippen molar-refractivity contribution in [3.05, 3.63) is 0 Å². The fourth-order valence-electron chi connectivity index (χ4n) is 2.39. The van der Waals surface area contributed by atoms with Crippen molar-refractivity contribution in [3.63, 3.8) is 0 Å². The molecule has 0 bridgehead atoms. The summed E-state index contributed by atoms with van der Waals surface area (Å²) >= 11 is 0. The van der Waals surface area contributed by atoms with E-state index in [1.807, 2.05) is 0 Å². The highest BCUT2D eigenvalue weighted by atomic mass is 35.5. The van der Waals surface area contributed by atoms with Crippen molar-refractivity contribution in [3.8, 4) is 0 Å². The molecule has 1 saturated carbocycles. The Bertz CT molecular complexity index is 255. The lowest BCUT2D eigenvalue weighted by Gasteiger charge is -2.22. The Morgan fingerprint density at radius 3 is 2.28 bits per heavy atom. The fraction of sp³-hybridized carbons (Fsp3) is 0.929. The minimum absolute atomic E-state index is 0. The van der Waals surface area contributed by atoms with Crippen LogP contribution in [0.25, 0.3) is 0 Å². The Hall–Kier alpha value is -0.280. The summed E-state index contributed by atoms with van der Waals surface area (Å²) in [6, 6.07) is 0. The molecule has 0 spiro atoms. The number of nitrogens with two attached hydrogens (primary N) is 1. The van der Waals surface area contributed by atoms with Crippen molar-refractivity contribution in [2.45, 2.75) is 71.3 Å². The second-order valence-electron chi connectivity index (χ2n) is 6.64.